The Morgan fingerprint density at radius 1 is 0.775 bits per heavy atom. The maximum Gasteiger partial charge on any atom is 0.255 e. The summed E-state index contributed by atoms with van der Waals surface area (Å²) < 4.78 is 62.2. The molecule has 0 bridgehead atoms. The first kappa shape index (κ1) is 56.2. The Labute approximate surface area is 422 Å². The molecule has 6 heterocycles. The first-order valence-corrected chi connectivity index (χ1v) is 21.4. The summed E-state index contributed by atoms with van der Waals surface area (Å²) in [6.07, 6.45) is 6.13. The first-order chi connectivity index (χ1) is 33.0. The van der Waals surface area contributed by atoms with Crippen LogP contribution in [0.15, 0.2) is 62.2 Å². The van der Waals surface area contributed by atoms with Crippen molar-refractivity contribution in [3.05, 3.63) is 108 Å². The minimum absolute atomic E-state index is 0. The Kier molecular flexibility index (Phi) is 19.4. The van der Waals surface area contributed by atoms with Crippen LogP contribution < -0.4 is 27.4 Å². The van der Waals surface area contributed by atoms with Gasteiger partial charge in [-0.05, 0) is 60.6 Å². The molecule has 0 radical (unpaired) electrons. The maximum absolute atomic E-state index is 14.6. The molecule has 4 atom stereocenters. The molecule has 2 saturated heterocycles. The summed E-state index contributed by atoms with van der Waals surface area (Å²) in [7, 11) is 6.75. The number of imidazole rings is 2. The number of benzene rings is 2. The number of nitrogens with one attached hydrogen (secondary N) is 3. The lowest BCUT2D eigenvalue weighted by atomic mass is 10.1. The van der Waals surface area contributed by atoms with Crippen LogP contribution in [0.3, 0.4) is 0 Å². The molecule has 2 aromatic carbocycles. The number of carbonyl (C=O) groups is 4. The van der Waals surface area contributed by atoms with Gasteiger partial charge in [-0.2, -0.15) is 10.2 Å². The second kappa shape index (κ2) is 24.5. The molecule has 0 unspecified atom stereocenters. The Hall–Kier alpha value is -7.37. The number of primary amides is 2. The number of alkyl halides is 2. The summed E-state index contributed by atoms with van der Waals surface area (Å²) in [5.41, 5.74) is 14.2. The quantitative estimate of drug-likeness (QED) is 0.0539. The number of likely N-dealkylation sites (tertiary alicyclic amines) is 1. The van der Waals surface area contributed by atoms with Gasteiger partial charge in [0.05, 0.1) is 64.0 Å². The lowest BCUT2D eigenvalue weighted by Crippen LogP contribution is -2.35. The second-order valence-corrected chi connectivity index (χ2v) is 16.0. The summed E-state index contributed by atoms with van der Waals surface area (Å²) in [5.74, 6) is 8.74. The van der Waals surface area contributed by atoms with Crippen LogP contribution in [0.25, 0.3) is 22.1 Å². The van der Waals surface area contributed by atoms with Gasteiger partial charge in [-0.25, -0.2) is 36.9 Å². The molecule has 3 amide bonds. The lowest BCUT2D eigenvalue weighted by Gasteiger charge is -2.20. The number of hydrogen-bond donors (Lipinski definition) is 5. The monoisotopic (exact) mass is 1040 g/mol. The van der Waals surface area contributed by atoms with Crippen molar-refractivity contribution >= 4 is 93.1 Å². The zero-order valence-electron chi connectivity index (χ0n) is 38.6. The van der Waals surface area contributed by atoms with Crippen molar-refractivity contribution in [2.75, 3.05) is 51.2 Å². The van der Waals surface area contributed by atoms with E-state index >= 15 is 0 Å². The number of nitrogens with zero attached hydrogens (tertiary/aromatic N) is 9. The molecule has 4 aromatic heterocycles. The molecule has 7 N–H and O–H groups in total. The van der Waals surface area contributed by atoms with E-state index < -0.39 is 54.1 Å². The van der Waals surface area contributed by atoms with Crippen molar-refractivity contribution in [3.63, 3.8) is 0 Å². The molecule has 2 fully saturated rings. The largest absolute Gasteiger partial charge is 0.373 e. The second-order valence-electron chi connectivity index (χ2n) is 15.7. The van der Waals surface area contributed by atoms with Crippen molar-refractivity contribution < 1.29 is 36.7 Å². The van der Waals surface area contributed by atoms with E-state index in [0.717, 1.165) is 12.2 Å². The van der Waals surface area contributed by atoms with Crippen molar-refractivity contribution in [1.29, 1.82) is 0 Å². The molecule has 18 nitrogen and oxygen atoms in total. The average Bonchev–Trinajstić information content (AvgIpc) is 4.21. The average molecular weight is 1040 g/mol. The Morgan fingerprint density at radius 3 is 1.62 bits per heavy atom. The van der Waals surface area contributed by atoms with E-state index in [1.807, 2.05) is 0 Å². The molecule has 0 spiro atoms. The third-order valence-electron chi connectivity index (χ3n) is 11.3. The number of rotatable bonds is 10. The molecular weight excluding hydrogens is 995 g/mol. The summed E-state index contributed by atoms with van der Waals surface area (Å²) >= 11 is 4.71. The lowest BCUT2D eigenvalue weighted by molar-refractivity contribution is -0.127. The highest BCUT2D eigenvalue weighted by Crippen LogP contribution is 2.33. The van der Waals surface area contributed by atoms with E-state index in [1.165, 1.54) is 27.8 Å². The number of fused-ring (bicyclic) bond motifs is 2. The predicted octanol–water partition coefficient (Wildman–Crippen LogP) is 4.85. The van der Waals surface area contributed by atoms with Gasteiger partial charge in [0.1, 0.15) is 47.7 Å². The van der Waals surface area contributed by atoms with E-state index in [0.29, 0.717) is 40.9 Å². The molecular formula is C46H49Cl3F4N14O4. The van der Waals surface area contributed by atoms with Crippen LogP contribution >= 0.6 is 36.4 Å². The van der Waals surface area contributed by atoms with Gasteiger partial charge in [-0.1, -0.05) is 25.0 Å². The summed E-state index contributed by atoms with van der Waals surface area (Å²) in [6.45, 7) is 6.00. The highest BCUT2D eigenvalue weighted by molar-refractivity contribution is 6.66. The van der Waals surface area contributed by atoms with Crippen molar-refractivity contribution in [2.45, 2.75) is 37.0 Å². The van der Waals surface area contributed by atoms with Crippen LogP contribution in [-0.4, -0.2) is 119 Å². The standard InChI is InChI=1S/C23H23F2N7O2.C20H21F2N7O.C3H3ClO.2ClH/c1-4-20(33)31-11-15(8-14(31)10-24)32-23(27-2)21(22(26)34)17(29-32)6-5-13-7-18-19(9-16(13)25)30(3)12-28-18;1-24-20-18(19(23)30)15(27-29(20)13-6-12(8-21)25-9-13)4-3-11-5-16-17(7-14(11)22)28(2)10-26-16;1-2-3(4)5;;/h4,7,9,12,14-15,27H,1,8,10-11H2,2-3H3,(H2,26,34);5,7,10,12-13,24-25H,6,8-9H2,1-2H3,(H2,23,30);2H,1H2;2*1H/t14-,15+;12-,13+;;;/m11.../s1. The number of nitrogens with two attached hydrogens (primary N) is 2. The van der Waals surface area contributed by atoms with E-state index in [-0.39, 0.29) is 95.2 Å². The zero-order valence-corrected chi connectivity index (χ0v) is 41.0. The number of anilines is 2. The van der Waals surface area contributed by atoms with Crippen molar-refractivity contribution in [2.24, 2.45) is 25.6 Å². The molecule has 8 rings (SSSR count). The highest BCUT2D eigenvalue weighted by Gasteiger charge is 2.38. The van der Waals surface area contributed by atoms with E-state index in [4.69, 9.17) is 23.1 Å². The number of halogens is 7. The van der Waals surface area contributed by atoms with Crippen molar-refractivity contribution in [3.8, 4) is 23.7 Å². The van der Waals surface area contributed by atoms with Gasteiger partial charge in [-0.15, -0.1) is 24.8 Å². The fraction of sp³-hybridized carbons (Fsp3) is 0.304. The molecule has 2 aliphatic heterocycles. The Morgan fingerprint density at radius 2 is 1.24 bits per heavy atom. The van der Waals surface area contributed by atoms with E-state index in [1.54, 1.807) is 60.7 Å². The minimum Gasteiger partial charge on any atom is -0.373 e. The molecule has 25 heteroatoms. The predicted molar refractivity (Wildman–Crippen MR) is 266 cm³/mol. The van der Waals surface area contributed by atoms with Crippen LogP contribution in [0.2, 0.25) is 0 Å². The Balaban J connectivity index is 0.000000276. The molecule has 2 aliphatic rings. The minimum atomic E-state index is -0.778. The fourth-order valence-corrected chi connectivity index (χ4v) is 7.96. The number of aryl methyl sites for hydroxylation is 2. The van der Waals surface area contributed by atoms with Gasteiger partial charge in [0.15, 0.2) is 11.4 Å². The van der Waals surface area contributed by atoms with Gasteiger partial charge in [-0.3, -0.25) is 19.2 Å². The van der Waals surface area contributed by atoms with Gasteiger partial charge in [0, 0.05) is 59.5 Å². The van der Waals surface area contributed by atoms with E-state index in [9.17, 15) is 36.7 Å². The summed E-state index contributed by atoms with van der Waals surface area (Å²) in [5, 5.41) is 17.3. The number of amides is 3. The summed E-state index contributed by atoms with van der Waals surface area (Å²) in [6, 6.07) is 4.25. The smallest absolute Gasteiger partial charge is 0.255 e. The van der Waals surface area contributed by atoms with Crippen molar-refractivity contribution in [1.82, 2.24) is 48.9 Å². The Bertz CT molecular complexity index is 3130. The first-order valence-electron chi connectivity index (χ1n) is 21.0. The molecule has 0 saturated carbocycles. The van der Waals surface area contributed by atoms with Crippen LogP contribution in [0, 0.1) is 35.3 Å². The molecule has 6 aromatic rings. The third-order valence-corrected chi connectivity index (χ3v) is 11.5. The normalized spacial score (nSPS) is 16.6. The van der Waals surface area contributed by atoms with Crippen LogP contribution in [0.5, 0.6) is 0 Å². The maximum atomic E-state index is 14.6. The number of allylic oxidation sites excluding steroid dienone is 1. The van der Waals surface area contributed by atoms with Crippen LogP contribution in [0.1, 0.15) is 68.2 Å². The number of hydrogen-bond acceptors (Lipinski definition) is 11. The van der Waals surface area contributed by atoms with Crippen LogP contribution in [-0.2, 0) is 23.7 Å². The number of carbonyl (C=O) groups excluding carboxylic acids is 4. The SMILES string of the molecule is C=CC(=O)Cl.C=CC(=O)N1C[C@@H](n2nc(C#Cc3cc4ncn(C)c4cc3F)c(C(N)=O)c2NC)C[C@@H]1CF.CNc1c(C(N)=O)c(C#Cc2cc3ncn(C)c3cc2F)nn1[C@@H]1CN[C@@H](CF)C1.Cl.Cl. The molecule has 376 valence electrons. The van der Waals surface area contributed by atoms with E-state index in [2.05, 4.69) is 73.0 Å². The van der Waals surface area contributed by atoms with Gasteiger partial charge >= 0.3 is 0 Å². The summed E-state index contributed by atoms with van der Waals surface area (Å²) in [4.78, 5) is 55.8. The molecule has 71 heavy (non-hydrogen) atoms. The fourth-order valence-electron chi connectivity index (χ4n) is 7.96. The molecule has 0 aliphatic carbocycles. The number of aromatic nitrogens is 8. The van der Waals surface area contributed by atoms with Crippen LogP contribution in [0.4, 0.5) is 29.2 Å². The topological polar surface area (TPSA) is 231 Å². The van der Waals surface area contributed by atoms with Gasteiger partial charge in [0.2, 0.25) is 11.1 Å². The zero-order chi connectivity index (χ0) is 50.3. The van der Waals surface area contributed by atoms with Gasteiger partial charge < -0.3 is 41.5 Å². The third kappa shape index (κ3) is 12.2. The highest BCUT2D eigenvalue weighted by atomic mass is 35.5. The van der Waals surface area contributed by atoms with Gasteiger partial charge in [0.25, 0.3) is 11.8 Å².